The van der Waals surface area contributed by atoms with Crippen LogP contribution in [0.1, 0.15) is 18.6 Å². The maximum atomic E-state index is 11.7. The quantitative estimate of drug-likeness (QED) is 0.808. The molecule has 0 saturated carbocycles. The van der Waals surface area contributed by atoms with Gasteiger partial charge in [0.1, 0.15) is 10.7 Å². The molecule has 0 bridgehead atoms. The first kappa shape index (κ1) is 11.8. The first-order valence-electron chi connectivity index (χ1n) is 5.04. The van der Waals surface area contributed by atoms with Crippen molar-refractivity contribution in [1.82, 2.24) is 19.9 Å². The first-order valence-corrected chi connectivity index (χ1v) is 6.52. The number of rotatable bonds is 5. The minimum absolute atomic E-state index is 0.0213. The van der Waals surface area contributed by atoms with Crippen molar-refractivity contribution in [2.24, 2.45) is 0 Å². The molecule has 0 aromatic carbocycles. The van der Waals surface area contributed by atoms with Crippen molar-refractivity contribution in [2.75, 3.05) is 0 Å². The lowest BCUT2D eigenvalue weighted by molar-refractivity contribution is 0.452. The number of aromatic amines is 1. The summed E-state index contributed by atoms with van der Waals surface area (Å²) in [6, 6.07) is 0. The second-order valence-corrected chi connectivity index (χ2v) is 5.10. The van der Waals surface area contributed by atoms with Crippen molar-refractivity contribution < 1.29 is 12.8 Å². The summed E-state index contributed by atoms with van der Waals surface area (Å²) in [5.41, 5.74) is 0. The molecule has 92 valence electrons. The fourth-order valence-electron chi connectivity index (χ4n) is 1.22. The lowest BCUT2D eigenvalue weighted by atomic mass is 10.4. The molecule has 2 heterocycles. The Bertz CT molecular complexity index is 573. The average Bonchev–Trinajstić information content (AvgIpc) is 2.98. The van der Waals surface area contributed by atoms with Crippen LogP contribution in [0.5, 0.6) is 0 Å². The van der Waals surface area contributed by atoms with Crippen LogP contribution in [0.25, 0.3) is 0 Å². The molecule has 2 N–H and O–H groups in total. The number of aromatic nitrogens is 3. The molecule has 0 aliphatic heterocycles. The lowest BCUT2D eigenvalue weighted by Gasteiger charge is -2.01. The van der Waals surface area contributed by atoms with Crippen LogP contribution >= 0.6 is 0 Å². The van der Waals surface area contributed by atoms with E-state index in [9.17, 15) is 8.42 Å². The van der Waals surface area contributed by atoms with Crippen LogP contribution in [0.2, 0.25) is 0 Å². The SMILES string of the molecule is CCc1cnc(CNS(=O)(=O)c2cn[nH]c2)o1. The molecule has 17 heavy (non-hydrogen) atoms. The molecule has 0 saturated heterocycles. The molecule has 0 amide bonds. The van der Waals surface area contributed by atoms with E-state index in [4.69, 9.17) is 4.42 Å². The largest absolute Gasteiger partial charge is 0.444 e. The van der Waals surface area contributed by atoms with Crippen LogP contribution in [-0.4, -0.2) is 23.6 Å². The van der Waals surface area contributed by atoms with Crippen molar-refractivity contribution >= 4 is 10.0 Å². The normalized spacial score (nSPS) is 11.8. The van der Waals surface area contributed by atoms with Gasteiger partial charge in [0.25, 0.3) is 0 Å². The monoisotopic (exact) mass is 256 g/mol. The van der Waals surface area contributed by atoms with E-state index >= 15 is 0 Å². The summed E-state index contributed by atoms with van der Waals surface area (Å²) in [7, 11) is -3.56. The Morgan fingerprint density at radius 3 is 2.88 bits per heavy atom. The van der Waals surface area contributed by atoms with E-state index in [1.54, 1.807) is 6.20 Å². The van der Waals surface area contributed by atoms with Crippen LogP contribution in [0.15, 0.2) is 27.9 Å². The zero-order valence-corrected chi connectivity index (χ0v) is 9.99. The number of H-pyrrole nitrogens is 1. The van der Waals surface area contributed by atoms with Gasteiger partial charge in [0.15, 0.2) is 0 Å². The molecule has 2 aromatic rings. The van der Waals surface area contributed by atoms with E-state index in [0.29, 0.717) is 5.89 Å². The van der Waals surface area contributed by atoms with Gasteiger partial charge < -0.3 is 4.42 Å². The van der Waals surface area contributed by atoms with Gasteiger partial charge in [-0.05, 0) is 0 Å². The standard InChI is InChI=1S/C9H12N4O3S/c1-2-7-3-10-9(16-7)6-13-17(14,15)8-4-11-12-5-8/h3-5,13H,2,6H2,1H3,(H,11,12). The Labute approximate surface area is 98.3 Å². The van der Waals surface area contributed by atoms with Crippen molar-refractivity contribution in [3.63, 3.8) is 0 Å². The smallest absolute Gasteiger partial charge is 0.244 e. The maximum Gasteiger partial charge on any atom is 0.244 e. The average molecular weight is 256 g/mol. The molecule has 0 radical (unpaired) electrons. The molecule has 0 fully saturated rings. The summed E-state index contributed by atoms with van der Waals surface area (Å²) >= 11 is 0. The van der Waals surface area contributed by atoms with Gasteiger partial charge in [-0.1, -0.05) is 6.92 Å². The Morgan fingerprint density at radius 2 is 2.29 bits per heavy atom. The van der Waals surface area contributed by atoms with E-state index in [1.165, 1.54) is 12.4 Å². The van der Waals surface area contributed by atoms with E-state index in [-0.39, 0.29) is 11.4 Å². The van der Waals surface area contributed by atoms with Crippen LogP contribution < -0.4 is 4.72 Å². The van der Waals surface area contributed by atoms with E-state index in [2.05, 4.69) is 19.9 Å². The Balaban J connectivity index is 2.03. The van der Waals surface area contributed by atoms with Crippen LogP contribution in [0.4, 0.5) is 0 Å². The van der Waals surface area contributed by atoms with Gasteiger partial charge in [0.2, 0.25) is 15.9 Å². The van der Waals surface area contributed by atoms with Gasteiger partial charge >= 0.3 is 0 Å². The third-order valence-electron chi connectivity index (χ3n) is 2.15. The summed E-state index contributed by atoms with van der Waals surface area (Å²) < 4.78 is 31.1. The van der Waals surface area contributed by atoms with Gasteiger partial charge in [0, 0.05) is 12.6 Å². The highest BCUT2D eigenvalue weighted by molar-refractivity contribution is 7.89. The summed E-state index contributed by atoms with van der Waals surface area (Å²) in [4.78, 5) is 4.04. The van der Waals surface area contributed by atoms with Crippen molar-refractivity contribution in [3.8, 4) is 0 Å². The summed E-state index contributed by atoms with van der Waals surface area (Å²) in [6.07, 6.45) is 4.84. The third-order valence-corrected chi connectivity index (χ3v) is 3.51. The molecule has 0 atom stereocenters. The fraction of sp³-hybridized carbons (Fsp3) is 0.333. The number of nitrogens with one attached hydrogen (secondary N) is 2. The number of aryl methyl sites for hydroxylation is 1. The number of sulfonamides is 1. The number of hydrogen-bond donors (Lipinski definition) is 2. The highest BCUT2D eigenvalue weighted by atomic mass is 32.2. The number of hydrogen-bond acceptors (Lipinski definition) is 5. The highest BCUT2D eigenvalue weighted by Crippen LogP contribution is 2.07. The molecule has 0 aliphatic rings. The van der Waals surface area contributed by atoms with Crippen molar-refractivity contribution in [3.05, 3.63) is 30.2 Å². The van der Waals surface area contributed by atoms with E-state index in [0.717, 1.165) is 12.2 Å². The van der Waals surface area contributed by atoms with Crippen LogP contribution in [-0.2, 0) is 23.0 Å². The third kappa shape index (κ3) is 2.71. The summed E-state index contributed by atoms with van der Waals surface area (Å²) in [6.45, 7) is 1.95. The van der Waals surface area contributed by atoms with Gasteiger partial charge in [-0.25, -0.2) is 18.1 Å². The van der Waals surface area contributed by atoms with E-state index in [1.807, 2.05) is 6.92 Å². The molecular weight excluding hydrogens is 244 g/mol. The molecule has 2 rings (SSSR count). The van der Waals surface area contributed by atoms with Crippen LogP contribution in [0, 0.1) is 0 Å². The fourth-order valence-corrected chi connectivity index (χ4v) is 2.10. The van der Waals surface area contributed by atoms with Crippen molar-refractivity contribution in [1.29, 1.82) is 0 Å². The van der Waals surface area contributed by atoms with Crippen molar-refractivity contribution in [2.45, 2.75) is 24.8 Å². The molecule has 0 unspecified atom stereocenters. The first-order chi connectivity index (χ1) is 8.12. The van der Waals surface area contributed by atoms with Gasteiger partial charge in [-0.2, -0.15) is 5.10 Å². The predicted molar refractivity (Wildman–Crippen MR) is 58.5 cm³/mol. The zero-order valence-electron chi connectivity index (χ0n) is 9.17. The molecule has 8 heteroatoms. The Hall–Kier alpha value is -1.67. The molecule has 0 spiro atoms. The van der Waals surface area contributed by atoms with Gasteiger partial charge in [-0.3, -0.25) is 5.10 Å². The van der Waals surface area contributed by atoms with Gasteiger partial charge in [-0.15, -0.1) is 0 Å². The lowest BCUT2D eigenvalue weighted by Crippen LogP contribution is -2.22. The second kappa shape index (κ2) is 4.68. The minimum atomic E-state index is -3.56. The number of nitrogens with zero attached hydrogens (tertiary/aromatic N) is 2. The summed E-state index contributed by atoms with van der Waals surface area (Å²) in [5.74, 6) is 1.07. The molecule has 0 aliphatic carbocycles. The Morgan fingerprint density at radius 1 is 1.47 bits per heavy atom. The van der Waals surface area contributed by atoms with E-state index < -0.39 is 10.0 Å². The second-order valence-electron chi connectivity index (χ2n) is 3.33. The maximum absolute atomic E-state index is 11.7. The molecular formula is C9H12N4O3S. The molecule has 7 nitrogen and oxygen atoms in total. The van der Waals surface area contributed by atoms with Gasteiger partial charge in [0.05, 0.1) is 18.9 Å². The number of oxazole rings is 1. The highest BCUT2D eigenvalue weighted by Gasteiger charge is 2.15. The summed E-state index contributed by atoms with van der Waals surface area (Å²) in [5, 5.41) is 6.02. The Kier molecular flexibility index (Phi) is 3.25. The minimum Gasteiger partial charge on any atom is -0.444 e. The molecule has 2 aromatic heterocycles. The topological polar surface area (TPSA) is 101 Å². The van der Waals surface area contributed by atoms with Crippen LogP contribution in [0.3, 0.4) is 0 Å². The zero-order chi connectivity index (χ0) is 12.3. The predicted octanol–water partition coefficient (Wildman–Crippen LogP) is 0.439.